The lowest BCUT2D eigenvalue weighted by molar-refractivity contribution is 0.102. The number of halogens is 3. The second-order valence-electron chi connectivity index (χ2n) is 7.05. The van der Waals surface area contributed by atoms with Crippen LogP contribution in [0.15, 0.2) is 83.5 Å². The molecule has 0 unspecified atom stereocenters. The Balaban J connectivity index is 1.40. The predicted octanol–water partition coefficient (Wildman–Crippen LogP) is 6.32. The summed E-state index contributed by atoms with van der Waals surface area (Å²) < 4.78 is 21.2. The molecule has 0 atom stereocenters. The maximum atomic E-state index is 13.1. The third-order valence-corrected chi connectivity index (χ3v) is 5.45. The number of rotatable bonds is 7. The van der Waals surface area contributed by atoms with Crippen molar-refractivity contribution in [2.24, 2.45) is 0 Å². The molecule has 0 saturated heterocycles. The molecule has 0 aliphatic carbocycles. The van der Waals surface area contributed by atoms with Crippen LogP contribution >= 0.6 is 27.5 Å². The van der Waals surface area contributed by atoms with Crippen molar-refractivity contribution in [1.29, 1.82) is 0 Å². The minimum absolute atomic E-state index is 0.286. The third-order valence-electron chi connectivity index (χ3n) is 4.62. The van der Waals surface area contributed by atoms with Crippen molar-refractivity contribution < 1.29 is 13.9 Å². The number of carbonyl (C=O) groups excluding carboxylic acids is 1. The fourth-order valence-electron chi connectivity index (χ4n) is 3.02. The number of aromatic nitrogens is 2. The van der Waals surface area contributed by atoms with Crippen molar-refractivity contribution in [2.75, 3.05) is 5.32 Å². The number of hydrogen-bond donors (Lipinski definition) is 1. The van der Waals surface area contributed by atoms with Crippen molar-refractivity contribution >= 4 is 39.3 Å². The van der Waals surface area contributed by atoms with Crippen LogP contribution in [-0.4, -0.2) is 15.7 Å². The highest BCUT2D eigenvalue weighted by Gasteiger charge is 2.13. The van der Waals surface area contributed by atoms with Crippen molar-refractivity contribution in [3.8, 4) is 5.75 Å². The Kier molecular flexibility index (Phi) is 6.87. The van der Waals surface area contributed by atoms with E-state index in [2.05, 4.69) is 26.3 Å². The van der Waals surface area contributed by atoms with Crippen LogP contribution in [0.5, 0.6) is 5.75 Å². The second kappa shape index (κ2) is 9.97. The molecule has 0 aliphatic rings. The summed E-state index contributed by atoms with van der Waals surface area (Å²) in [5, 5.41) is 7.86. The van der Waals surface area contributed by atoms with Gasteiger partial charge in [0.2, 0.25) is 0 Å². The van der Waals surface area contributed by atoms with Crippen LogP contribution in [0, 0.1) is 5.82 Å². The van der Waals surface area contributed by atoms with Gasteiger partial charge in [-0.25, -0.2) is 4.39 Å². The molecule has 0 radical (unpaired) electrons. The summed E-state index contributed by atoms with van der Waals surface area (Å²) in [7, 11) is 0. The Morgan fingerprint density at radius 1 is 1.06 bits per heavy atom. The first-order valence-electron chi connectivity index (χ1n) is 9.72. The number of hydrogen-bond acceptors (Lipinski definition) is 3. The summed E-state index contributed by atoms with van der Waals surface area (Å²) in [6, 6.07) is 20.5. The molecule has 4 aromatic rings. The smallest absolute Gasteiger partial charge is 0.256 e. The number of carbonyl (C=O) groups is 1. The Morgan fingerprint density at radius 2 is 1.81 bits per heavy atom. The molecule has 1 aromatic heterocycles. The molecule has 1 amide bonds. The van der Waals surface area contributed by atoms with E-state index in [-0.39, 0.29) is 11.7 Å². The SMILES string of the molecule is O=C(Nc1nn(Cc2ccc(F)cc2)cc1Br)c1cccc(COc2ccc(Cl)cc2)c1. The maximum absolute atomic E-state index is 13.1. The van der Waals surface area contributed by atoms with Gasteiger partial charge in [0.15, 0.2) is 5.82 Å². The normalized spacial score (nSPS) is 10.7. The largest absolute Gasteiger partial charge is 0.489 e. The minimum Gasteiger partial charge on any atom is -0.489 e. The molecule has 1 heterocycles. The fraction of sp³-hybridized carbons (Fsp3) is 0.0833. The maximum Gasteiger partial charge on any atom is 0.256 e. The second-order valence-corrected chi connectivity index (χ2v) is 8.34. The highest BCUT2D eigenvalue weighted by atomic mass is 79.9. The topological polar surface area (TPSA) is 56.2 Å². The van der Waals surface area contributed by atoms with Crippen molar-refractivity contribution in [2.45, 2.75) is 13.2 Å². The average molecular weight is 515 g/mol. The Morgan fingerprint density at radius 3 is 2.56 bits per heavy atom. The van der Waals surface area contributed by atoms with E-state index in [0.29, 0.717) is 39.8 Å². The third kappa shape index (κ3) is 5.75. The molecule has 32 heavy (non-hydrogen) atoms. The summed E-state index contributed by atoms with van der Waals surface area (Å²) in [6.45, 7) is 0.769. The van der Waals surface area contributed by atoms with Gasteiger partial charge in [-0.05, 0) is 75.6 Å². The Labute approximate surface area is 197 Å². The Bertz CT molecular complexity index is 1230. The van der Waals surface area contributed by atoms with E-state index < -0.39 is 0 Å². The summed E-state index contributed by atoms with van der Waals surface area (Å²) in [6.07, 6.45) is 1.76. The summed E-state index contributed by atoms with van der Waals surface area (Å²) in [5.41, 5.74) is 2.24. The van der Waals surface area contributed by atoms with E-state index in [4.69, 9.17) is 16.3 Å². The van der Waals surface area contributed by atoms with Crippen LogP contribution in [0.1, 0.15) is 21.5 Å². The van der Waals surface area contributed by atoms with Gasteiger partial charge in [0, 0.05) is 16.8 Å². The molecule has 1 N–H and O–H groups in total. The van der Waals surface area contributed by atoms with E-state index in [1.807, 2.05) is 6.07 Å². The zero-order chi connectivity index (χ0) is 22.5. The molecule has 0 fully saturated rings. The first-order valence-corrected chi connectivity index (χ1v) is 10.9. The van der Waals surface area contributed by atoms with Gasteiger partial charge in [-0.15, -0.1) is 0 Å². The quantitative estimate of drug-likeness (QED) is 0.314. The molecule has 8 heteroatoms. The van der Waals surface area contributed by atoms with Crippen molar-refractivity contribution in [3.05, 3.63) is 111 Å². The van der Waals surface area contributed by atoms with Gasteiger partial charge in [0.25, 0.3) is 5.91 Å². The van der Waals surface area contributed by atoms with E-state index in [1.54, 1.807) is 65.5 Å². The summed E-state index contributed by atoms with van der Waals surface area (Å²) >= 11 is 9.31. The number of amides is 1. The van der Waals surface area contributed by atoms with Gasteiger partial charge in [-0.2, -0.15) is 5.10 Å². The molecule has 0 aliphatic heterocycles. The van der Waals surface area contributed by atoms with Gasteiger partial charge in [0.05, 0.1) is 11.0 Å². The van der Waals surface area contributed by atoms with E-state index in [0.717, 1.165) is 11.1 Å². The number of nitrogens with one attached hydrogen (secondary N) is 1. The number of ether oxygens (including phenoxy) is 1. The lowest BCUT2D eigenvalue weighted by Crippen LogP contribution is -2.13. The number of anilines is 1. The highest BCUT2D eigenvalue weighted by Crippen LogP contribution is 2.22. The monoisotopic (exact) mass is 513 g/mol. The molecule has 0 saturated carbocycles. The summed E-state index contributed by atoms with van der Waals surface area (Å²) in [4.78, 5) is 12.8. The van der Waals surface area contributed by atoms with Crippen molar-refractivity contribution in [3.63, 3.8) is 0 Å². The van der Waals surface area contributed by atoms with Crippen molar-refractivity contribution in [1.82, 2.24) is 9.78 Å². The van der Waals surface area contributed by atoms with Gasteiger partial charge in [-0.1, -0.05) is 35.9 Å². The van der Waals surface area contributed by atoms with Crippen LogP contribution in [-0.2, 0) is 13.2 Å². The van der Waals surface area contributed by atoms with Crippen LogP contribution < -0.4 is 10.1 Å². The first-order chi connectivity index (χ1) is 15.5. The highest BCUT2D eigenvalue weighted by molar-refractivity contribution is 9.10. The molecular formula is C24H18BrClFN3O2. The lowest BCUT2D eigenvalue weighted by Gasteiger charge is -2.08. The number of nitrogens with zero attached hydrogens (tertiary/aromatic N) is 2. The van der Waals surface area contributed by atoms with Crippen LogP contribution in [0.2, 0.25) is 5.02 Å². The van der Waals surface area contributed by atoms with Gasteiger partial charge in [-0.3, -0.25) is 9.48 Å². The van der Waals surface area contributed by atoms with Crippen LogP contribution in [0.3, 0.4) is 0 Å². The molecule has 0 spiro atoms. The van der Waals surface area contributed by atoms with Gasteiger partial charge < -0.3 is 10.1 Å². The Hall–Kier alpha value is -3.16. The summed E-state index contributed by atoms with van der Waals surface area (Å²) in [5.74, 6) is 0.523. The van der Waals surface area contributed by atoms with E-state index >= 15 is 0 Å². The molecule has 4 rings (SSSR count). The molecule has 0 bridgehead atoms. The molecule has 3 aromatic carbocycles. The first kappa shape index (κ1) is 22.0. The van der Waals surface area contributed by atoms with Crippen LogP contribution in [0.25, 0.3) is 0 Å². The average Bonchev–Trinajstić information content (AvgIpc) is 3.13. The predicted molar refractivity (Wildman–Crippen MR) is 126 cm³/mol. The molecule has 5 nitrogen and oxygen atoms in total. The lowest BCUT2D eigenvalue weighted by atomic mass is 10.1. The zero-order valence-corrected chi connectivity index (χ0v) is 19.1. The van der Waals surface area contributed by atoms with Crippen LogP contribution in [0.4, 0.5) is 10.2 Å². The minimum atomic E-state index is -0.288. The van der Waals surface area contributed by atoms with Gasteiger partial charge >= 0.3 is 0 Å². The zero-order valence-electron chi connectivity index (χ0n) is 16.8. The molecule has 162 valence electrons. The van der Waals surface area contributed by atoms with E-state index in [9.17, 15) is 9.18 Å². The molecular weight excluding hydrogens is 497 g/mol. The van der Waals surface area contributed by atoms with Gasteiger partial charge in [0.1, 0.15) is 18.2 Å². The van der Waals surface area contributed by atoms with E-state index in [1.165, 1.54) is 12.1 Å². The standard InChI is InChI=1S/C24H18BrClFN3O2/c25-22-14-30(13-16-4-8-20(27)9-5-16)29-23(22)28-24(31)18-3-1-2-17(12-18)15-32-21-10-6-19(26)7-11-21/h1-12,14H,13,15H2,(H,28,29,31). The number of benzene rings is 3. The fourth-order valence-corrected chi connectivity index (χ4v) is 3.56.